The number of ether oxygens (including phenoxy) is 4. The Labute approximate surface area is 169 Å². The summed E-state index contributed by atoms with van der Waals surface area (Å²) >= 11 is 0. The molecule has 0 bridgehead atoms. The van der Waals surface area contributed by atoms with Crippen molar-refractivity contribution in [1.29, 1.82) is 0 Å². The number of fused-ring (bicyclic) bond motifs is 1. The number of hydrogen-bond donors (Lipinski definition) is 1. The summed E-state index contributed by atoms with van der Waals surface area (Å²) in [6.07, 6.45) is 8.24. The summed E-state index contributed by atoms with van der Waals surface area (Å²) < 4.78 is 24.4. The Morgan fingerprint density at radius 3 is 2.79 bits per heavy atom. The van der Waals surface area contributed by atoms with Gasteiger partial charge in [-0.3, -0.25) is 4.98 Å². The molecule has 2 aliphatic rings. The molecule has 3 rings (SSSR count). The molecule has 6 heteroatoms. The van der Waals surface area contributed by atoms with Crippen LogP contribution in [0.3, 0.4) is 0 Å². The number of hydrogen-bond acceptors (Lipinski definition) is 6. The Morgan fingerprint density at radius 1 is 1.14 bits per heavy atom. The predicted octanol–water partition coefficient (Wildman–Crippen LogP) is 3.79. The van der Waals surface area contributed by atoms with Gasteiger partial charge in [0.15, 0.2) is 12.1 Å². The van der Waals surface area contributed by atoms with Gasteiger partial charge in [0.1, 0.15) is 12.2 Å². The molecule has 3 heterocycles. The lowest BCUT2D eigenvalue weighted by atomic mass is 10.1. The molecule has 1 N–H and O–H groups in total. The van der Waals surface area contributed by atoms with Crippen molar-refractivity contribution in [2.24, 2.45) is 0 Å². The van der Waals surface area contributed by atoms with E-state index in [2.05, 4.69) is 17.2 Å². The topological polar surface area (TPSA) is 61.8 Å². The van der Waals surface area contributed by atoms with Crippen molar-refractivity contribution >= 4 is 0 Å². The lowest BCUT2D eigenvalue weighted by molar-refractivity contribution is -0.218. The highest BCUT2D eigenvalue weighted by Crippen LogP contribution is 2.39. The maximum atomic E-state index is 6.25. The molecule has 0 aliphatic carbocycles. The first-order valence-electron chi connectivity index (χ1n) is 10.8. The van der Waals surface area contributed by atoms with E-state index in [0.29, 0.717) is 0 Å². The quantitative estimate of drug-likeness (QED) is 0.546. The molecule has 158 valence electrons. The van der Waals surface area contributed by atoms with Crippen LogP contribution in [-0.2, 0) is 25.5 Å². The minimum absolute atomic E-state index is 0.0158. The van der Waals surface area contributed by atoms with Gasteiger partial charge >= 0.3 is 0 Å². The molecule has 0 amide bonds. The van der Waals surface area contributed by atoms with Gasteiger partial charge in [-0.1, -0.05) is 38.7 Å². The van der Waals surface area contributed by atoms with Crippen LogP contribution >= 0.6 is 0 Å². The van der Waals surface area contributed by atoms with Crippen LogP contribution < -0.4 is 5.32 Å². The average Bonchev–Trinajstić information content (AvgIpc) is 3.14. The number of unbranched alkanes of at least 4 members (excludes halogenated alkanes) is 4. The Balaban J connectivity index is 1.44. The molecule has 2 aliphatic heterocycles. The molecule has 6 nitrogen and oxygen atoms in total. The molecule has 4 atom stereocenters. The van der Waals surface area contributed by atoms with Crippen LogP contribution in [-0.4, -0.2) is 48.5 Å². The molecular formula is C22H36N2O4. The summed E-state index contributed by atoms with van der Waals surface area (Å²) in [5.41, 5.74) is 1.04. The smallest absolute Gasteiger partial charge is 0.190 e. The Kier molecular flexibility index (Phi) is 8.23. The third-order valence-corrected chi connectivity index (χ3v) is 5.28. The van der Waals surface area contributed by atoms with Crippen molar-refractivity contribution in [3.63, 3.8) is 0 Å². The van der Waals surface area contributed by atoms with Gasteiger partial charge in [-0.2, -0.15) is 0 Å². The zero-order chi connectivity index (χ0) is 19.8. The Morgan fingerprint density at radius 2 is 2.00 bits per heavy atom. The number of aromatic nitrogens is 1. The summed E-state index contributed by atoms with van der Waals surface area (Å²) in [6.45, 7) is 8.43. The Hall–Kier alpha value is -1.05. The van der Waals surface area contributed by atoms with Gasteiger partial charge in [0.25, 0.3) is 0 Å². The molecule has 2 saturated heterocycles. The van der Waals surface area contributed by atoms with Crippen molar-refractivity contribution in [3.8, 4) is 0 Å². The van der Waals surface area contributed by atoms with Crippen molar-refractivity contribution in [1.82, 2.24) is 10.3 Å². The fourth-order valence-corrected chi connectivity index (χ4v) is 3.87. The van der Waals surface area contributed by atoms with Crippen molar-refractivity contribution in [3.05, 3.63) is 30.1 Å². The summed E-state index contributed by atoms with van der Waals surface area (Å²) in [5.74, 6) is -0.611. The van der Waals surface area contributed by atoms with E-state index in [1.807, 2.05) is 38.2 Å². The van der Waals surface area contributed by atoms with Crippen LogP contribution in [0.15, 0.2) is 24.4 Å². The first-order valence-corrected chi connectivity index (χ1v) is 10.8. The number of pyridine rings is 1. The minimum atomic E-state index is -0.611. The van der Waals surface area contributed by atoms with Gasteiger partial charge < -0.3 is 24.3 Å². The number of nitrogens with one attached hydrogen (secondary N) is 1. The normalized spacial score (nSPS) is 28.5. The van der Waals surface area contributed by atoms with Crippen LogP contribution in [0.25, 0.3) is 0 Å². The predicted molar refractivity (Wildman–Crippen MR) is 108 cm³/mol. The van der Waals surface area contributed by atoms with Gasteiger partial charge in [0.2, 0.25) is 0 Å². The molecule has 1 aromatic rings. The van der Waals surface area contributed by atoms with Crippen molar-refractivity contribution in [2.45, 2.75) is 96.2 Å². The number of rotatable bonds is 12. The van der Waals surface area contributed by atoms with Crippen LogP contribution in [0.1, 0.15) is 65.0 Å². The standard InChI is InChI=1S/C22H36N2O4/c1-4-5-6-7-10-15-25-19-18(26-21-20(19)27-22(2,3)28-21)12-14-23-16-17-11-8-9-13-24-17/h8-9,11,13,18-21,23H,4-7,10,12,14-16H2,1-3H3. The Bertz CT molecular complexity index is 569. The third kappa shape index (κ3) is 6.22. The molecule has 0 spiro atoms. The zero-order valence-corrected chi connectivity index (χ0v) is 17.6. The second kappa shape index (κ2) is 10.6. The largest absolute Gasteiger partial charge is 0.373 e. The molecular weight excluding hydrogens is 356 g/mol. The fraction of sp³-hybridized carbons (Fsp3) is 0.773. The van der Waals surface area contributed by atoms with Gasteiger partial charge in [-0.15, -0.1) is 0 Å². The van der Waals surface area contributed by atoms with E-state index in [1.54, 1.807) is 0 Å². The summed E-state index contributed by atoms with van der Waals surface area (Å²) in [6, 6.07) is 5.96. The lowest BCUT2D eigenvalue weighted by Crippen LogP contribution is -2.38. The van der Waals surface area contributed by atoms with E-state index in [1.165, 1.54) is 25.7 Å². The van der Waals surface area contributed by atoms with Crippen molar-refractivity contribution < 1.29 is 18.9 Å². The molecule has 2 fully saturated rings. The highest BCUT2D eigenvalue weighted by molar-refractivity contribution is 5.03. The minimum Gasteiger partial charge on any atom is -0.373 e. The van der Waals surface area contributed by atoms with E-state index in [4.69, 9.17) is 18.9 Å². The monoisotopic (exact) mass is 392 g/mol. The van der Waals surface area contributed by atoms with E-state index < -0.39 is 5.79 Å². The molecule has 0 aromatic carbocycles. The van der Waals surface area contributed by atoms with Gasteiger partial charge in [0, 0.05) is 19.3 Å². The van der Waals surface area contributed by atoms with Crippen LogP contribution in [0.2, 0.25) is 0 Å². The molecule has 1 aromatic heterocycles. The molecule has 4 unspecified atom stereocenters. The van der Waals surface area contributed by atoms with Crippen LogP contribution in [0.5, 0.6) is 0 Å². The van der Waals surface area contributed by atoms with Crippen molar-refractivity contribution in [2.75, 3.05) is 13.2 Å². The maximum absolute atomic E-state index is 6.25. The lowest BCUT2D eigenvalue weighted by Gasteiger charge is -2.26. The van der Waals surface area contributed by atoms with Gasteiger partial charge in [-0.25, -0.2) is 0 Å². The van der Waals surface area contributed by atoms with E-state index in [0.717, 1.165) is 38.2 Å². The second-order valence-electron chi connectivity index (χ2n) is 8.18. The first kappa shape index (κ1) is 21.7. The highest BCUT2D eigenvalue weighted by Gasteiger charge is 2.55. The van der Waals surface area contributed by atoms with Gasteiger partial charge in [-0.05, 0) is 45.4 Å². The SMILES string of the molecule is CCCCCCCOC1C(CCNCc2ccccn2)OC2OC(C)(C)OC21. The first-order chi connectivity index (χ1) is 13.6. The van der Waals surface area contributed by atoms with Gasteiger partial charge in [0.05, 0.1) is 11.8 Å². The number of nitrogens with zero attached hydrogens (tertiary/aromatic N) is 1. The van der Waals surface area contributed by atoms with Crippen LogP contribution in [0, 0.1) is 0 Å². The third-order valence-electron chi connectivity index (χ3n) is 5.28. The van der Waals surface area contributed by atoms with E-state index in [-0.39, 0.29) is 24.6 Å². The fourth-order valence-electron chi connectivity index (χ4n) is 3.87. The molecule has 0 saturated carbocycles. The summed E-state index contributed by atoms with van der Waals surface area (Å²) in [7, 11) is 0. The molecule has 0 radical (unpaired) electrons. The van der Waals surface area contributed by atoms with E-state index >= 15 is 0 Å². The maximum Gasteiger partial charge on any atom is 0.190 e. The summed E-state index contributed by atoms with van der Waals surface area (Å²) in [4.78, 5) is 4.34. The van der Waals surface area contributed by atoms with E-state index in [9.17, 15) is 0 Å². The van der Waals surface area contributed by atoms with Crippen LogP contribution in [0.4, 0.5) is 0 Å². The average molecular weight is 393 g/mol. The highest BCUT2D eigenvalue weighted by atomic mass is 16.8. The molecule has 28 heavy (non-hydrogen) atoms. The summed E-state index contributed by atoms with van der Waals surface area (Å²) in [5, 5.41) is 3.44. The zero-order valence-electron chi connectivity index (χ0n) is 17.6. The second-order valence-corrected chi connectivity index (χ2v) is 8.18.